The Morgan fingerprint density at radius 3 is 3.11 bits per heavy atom. The SMILES string of the molecule is Cc1ccc(C#CCN)cc1NC(=O)C1CCCS1. The molecule has 1 fully saturated rings. The second-order valence-electron chi connectivity index (χ2n) is 4.53. The number of hydrogen-bond donors (Lipinski definition) is 2. The number of nitrogens with one attached hydrogen (secondary N) is 1. The average molecular weight is 274 g/mol. The maximum atomic E-state index is 12.1. The van der Waals surface area contributed by atoms with Crippen molar-refractivity contribution in [1.82, 2.24) is 0 Å². The molecule has 1 unspecified atom stereocenters. The van der Waals surface area contributed by atoms with Crippen LogP contribution in [-0.2, 0) is 4.79 Å². The highest BCUT2D eigenvalue weighted by molar-refractivity contribution is 8.00. The van der Waals surface area contributed by atoms with Crippen LogP contribution < -0.4 is 11.1 Å². The van der Waals surface area contributed by atoms with Crippen molar-refractivity contribution in [3.05, 3.63) is 29.3 Å². The van der Waals surface area contributed by atoms with E-state index in [0.717, 1.165) is 35.4 Å². The number of thioether (sulfide) groups is 1. The van der Waals surface area contributed by atoms with E-state index in [9.17, 15) is 4.79 Å². The third kappa shape index (κ3) is 3.76. The number of rotatable bonds is 2. The summed E-state index contributed by atoms with van der Waals surface area (Å²) in [6, 6.07) is 5.82. The van der Waals surface area contributed by atoms with Gasteiger partial charge in [-0.05, 0) is 43.2 Å². The fourth-order valence-electron chi connectivity index (χ4n) is 1.99. The first kappa shape index (κ1) is 14.0. The number of hydrogen-bond acceptors (Lipinski definition) is 3. The lowest BCUT2D eigenvalue weighted by atomic mass is 10.1. The van der Waals surface area contributed by atoms with E-state index in [2.05, 4.69) is 17.2 Å². The second kappa shape index (κ2) is 6.65. The first-order valence-electron chi connectivity index (χ1n) is 6.43. The molecule has 0 bridgehead atoms. The molecule has 1 aromatic rings. The lowest BCUT2D eigenvalue weighted by Gasteiger charge is -2.12. The molecule has 0 spiro atoms. The number of carbonyl (C=O) groups is 1. The molecule has 1 aromatic carbocycles. The quantitative estimate of drug-likeness (QED) is 0.812. The number of benzene rings is 1. The van der Waals surface area contributed by atoms with E-state index in [4.69, 9.17) is 5.73 Å². The Morgan fingerprint density at radius 2 is 2.42 bits per heavy atom. The largest absolute Gasteiger partial charge is 0.325 e. The zero-order valence-electron chi connectivity index (χ0n) is 11.0. The molecule has 3 N–H and O–H groups in total. The molecule has 1 aliphatic heterocycles. The van der Waals surface area contributed by atoms with Gasteiger partial charge < -0.3 is 11.1 Å². The van der Waals surface area contributed by atoms with E-state index in [1.54, 1.807) is 11.8 Å². The molecule has 19 heavy (non-hydrogen) atoms. The fourth-order valence-corrected chi connectivity index (χ4v) is 3.15. The number of aryl methyl sites for hydroxylation is 1. The Hall–Kier alpha value is -1.44. The van der Waals surface area contributed by atoms with Crippen LogP contribution in [0.2, 0.25) is 0 Å². The molecule has 0 aromatic heterocycles. The number of carbonyl (C=O) groups excluding carboxylic acids is 1. The molecule has 0 radical (unpaired) electrons. The summed E-state index contributed by atoms with van der Waals surface area (Å²) in [6.45, 7) is 2.33. The molecule has 1 saturated heterocycles. The summed E-state index contributed by atoms with van der Waals surface area (Å²) >= 11 is 1.74. The third-order valence-electron chi connectivity index (χ3n) is 3.05. The molecule has 0 saturated carbocycles. The van der Waals surface area contributed by atoms with Gasteiger partial charge in [0.05, 0.1) is 11.8 Å². The highest BCUT2D eigenvalue weighted by Gasteiger charge is 2.23. The first-order valence-corrected chi connectivity index (χ1v) is 7.47. The minimum atomic E-state index is 0.0955. The lowest BCUT2D eigenvalue weighted by molar-refractivity contribution is -0.115. The van der Waals surface area contributed by atoms with Crippen molar-refractivity contribution in [3.63, 3.8) is 0 Å². The van der Waals surface area contributed by atoms with Gasteiger partial charge in [-0.2, -0.15) is 0 Å². The molecule has 100 valence electrons. The summed E-state index contributed by atoms with van der Waals surface area (Å²) in [6.07, 6.45) is 2.10. The van der Waals surface area contributed by atoms with Crippen molar-refractivity contribution in [2.45, 2.75) is 25.0 Å². The van der Waals surface area contributed by atoms with Crippen LogP contribution in [0.15, 0.2) is 18.2 Å². The van der Waals surface area contributed by atoms with Crippen molar-refractivity contribution < 1.29 is 4.79 Å². The van der Waals surface area contributed by atoms with E-state index in [1.807, 2.05) is 25.1 Å². The van der Waals surface area contributed by atoms with Gasteiger partial charge in [-0.15, -0.1) is 11.8 Å². The van der Waals surface area contributed by atoms with Gasteiger partial charge in [0.1, 0.15) is 0 Å². The predicted octanol–water partition coefficient (Wildman–Crippen LogP) is 2.14. The van der Waals surface area contributed by atoms with Gasteiger partial charge in [0, 0.05) is 11.3 Å². The normalized spacial score (nSPS) is 17.7. The molecular formula is C15H18N2OS. The zero-order valence-corrected chi connectivity index (χ0v) is 11.8. The predicted molar refractivity (Wildman–Crippen MR) is 81.2 cm³/mol. The van der Waals surface area contributed by atoms with Gasteiger partial charge in [0.2, 0.25) is 5.91 Å². The Balaban J connectivity index is 2.12. The van der Waals surface area contributed by atoms with Gasteiger partial charge in [-0.1, -0.05) is 17.9 Å². The Bertz CT molecular complexity index is 525. The highest BCUT2D eigenvalue weighted by atomic mass is 32.2. The van der Waals surface area contributed by atoms with Crippen LogP contribution in [-0.4, -0.2) is 23.5 Å². The standard InChI is InChI=1S/C15H18N2OS/c1-11-6-7-12(4-2-8-16)10-13(11)17-15(18)14-5-3-9-19-14/h6-7,10,14H,3,5,8-9,16H2,1H3,(H,17,18). The van der Waals surface area contributed by atoms with E-state index in [0.29, 0.717) is 6.54 Å². The van der Waals surface area contributed by atoms with E-state index >= 15 is 0 Å². The maximum Gasteiger partial charge on any atom is 0.237 e. The monoisotopic (exact) mass is 274 g/mol. The van der Waals surface area contributed by atoms with Crippen LogP contribution in [0.3, 0.4) is 0 Å². The molecule has 1 heterocycles. The van der Waals surface area contributed by atoms with E-state index < -0.39 is 0 Å². The Kier molecular flexibility index (Phi) is 4.89. The van der Waals surface area contributed by atoms with Crippen LogP contribution in [0.4, 0.5) is 5.69 Å². The number of nitrogens with two attached hydrogens (primary N) is 1. The van der Waals surface area contributed by atoms with Crippen LogP contribution >= 0.6 is 11.8 Å². The van der Waals surface area contributed by atoms with Gasteiger partial charge >= 0.3 is 0 Å². The molecule has 4 heteroatoms. The van der Waals surface area contributed by atoms with Crippen molar-refractivity contribution in [2.24, 2.45) is 5.73 Å². The highest BCUT2D eigenvalue weighted by Crippen LogP contribution is 2.27. The lowest BCUT2D eigenvalue weighted by Crippen LogP contribution is -2.23. The smallest absolute Gasteiger partial charge is 0.237 e. The average Bonchev–Trinajstić information content (AvgIpc) is 2.93. The molecular weight excluding hydrogens is 256 g/mol. The minimum absolute atomic E-state index is 0.0955. The number of amides is 1. The topological polar surface area (TPSA) is 55.1 Å². The van der Waals surface area contributed by atoms with E-state index in [1.165, 1.54) is 0 Å². The molecule has 1 amide bonds. The summed E-state index contributed by atoms with van der Waals surface area (Å²) in [5, 5.41) is 3.11. The van der Waals surface area contributed by atoms with Gasteiger partial charge in [-0.25, -0.2) is 0 Å². The summed E-state index contributed by atoms with van der Waals surface area (Å²) in [5.74, 6) is 6.99. The molecule has 0 aliphatic carbocycles. The van der Waals surface area contributed by atoms with Crippen molar-refractivity contribution in [1.29, 1.82) is 0 Å². The van der Waals surface area contributed by atoms with Crippen LogP contribution in [0.5, 0.6) is 0 Å². The van der Waals surface area contributed by atoms with Crippen molar-refractivity contribution >= 4 is 23.4 Å². The number of anilines is 1. The van der Waals surface area contributed by atoms with Crippen molar-refractivity contribution in [3.8, 4) is 11.8 Å². The summed E-state index contributed by atoms with van der Waals surface area (Å²) < 4.78 is 0. The van der Waals surface area contributed by atoms with E-state index in [-0.39, 0.29) is 11.2 Å². The van der Waals surface area contributed by atoms with Crippen molar-refractivity contribution in [2.75, 3.05) is 17.6 Å². The summed E-state index contributed by atoms with van der Waals surface area (Å²) in [7, 11) is 0. The van der Waals surface area contributed by atoms with Crippen LogP contribution in [0.1, 0.15) is 24.0 Å². The fraction of sp³-hybridized carbons (Fsp3) is 0.400. The molecule has 3 nitrogen and oxygen atoms in total. The second-order valence-corrected chi connectivity index (χ2v) is 5.84. The molecule has 1 atom stereocenters. The minimum Gasteiger partial charge on any atom is -0.325 e. The molecule has 1 aliphatic rings. The maximum absolute atomic E-state index is 12.1. The zero-order chi connectivity index (χ0) is 13.7. The first-order chi connectivity index (χ1) is 9.20. The summed E-state index contributed by atoms with van der Waals surface area (Å²) in [5.41, 5.74) is 8.14. The van der Waals surface area contributed by atoms with Gasteiger partial charge in [0.15, 0.2) is 0 Å². The van der Waals surface area contributed by atoms with Crippen LogP contribution in [0.25, 0.3) is 0 Å². The summed E-state index contributed by atoms with van der Waals surface area (Å²) in [4.78, 5) is 12.1. The van der Waals surface area contributed by atoms with Crippen LogP contribution in [0, 0.1) is 18.8 Å². The Morgan fingerprint density at radius 1 is 1.58 bits per heavy atom. The van der Waals surface area contributed by atoms with Gasteiger partial charge in [-0.3, -0.25) is 4.79 Å². The third-order valence-corrected chi connectivity index (χ3v) is 4.43. The Labute approximate surface area is 118 Å². The molecule has 2 rings (SSSR count). The van der Waals surface area contributed by atoms with Gasteiger partial charge in [0.25, 0.3) is 0 Å².